The van der Waals surface area contributed by atoms with Gasteiger partial charge in [0.05, 0.1) is 5.69 Å². The molecular formula is C16H21N3O3S. The summed E-state index contributed by atoms with van der Waals surface area (Å²) in [5, 5.41) is 14.6. The highest BCUT2D eigenvalue weighted by Gasteiger charge is 2.18. The third-order valence-corrected chi connectivity index (χ3v) is 4.16. The minimum absolute atomic E-state index is 0.0596. The van der Waals surface area contributed by atoms with Crippen LogP contribution in [0.2, 0.25) is 0 Å². The Labute approximate surface area is 138 Å². The number of amides is 1. The lowest BCUT2D eigenvalue weighted by molar-refractivity contribution is -0.116. The van der Waals surface area contributed by atoms with E-state index in [4.69, 9.17) is 0 Å². The summed E-state index contributed by atoms with van der Waals surface area (Å²) in [4.78, 5) is 28.2. The first-order chi connectivity index (χ1) is 10.7. The van der Waals surface area contributed by atoms with E-state index in [1.807, 2.05) is 5.38 Å². The van der Waals surface area contributed by atoms with Gasteiger partial charge in [-0.3, -0.25) is 9.59 Å². The van der Waals surface area contributed by atoms with E-state index in [9.17, 15) is 14.7 Å². The number of nitrogens with one attached hydrogen (secondary N) is 1. The standard InChI is InChI=1S/C16H21N3O3S/c1-10-7-11(20)8-14(22)19(10)6-5-13(21)18-15-17-12(9-23-15)16(2,3)4/h7-9,20H,5-6H2,1-4H3,(H,17,18,21). The Hall–Kier alpha value is -2.15. The van der Waals surface area contributed by atoms with Gasteiger partial charge in [-0.05, 0) is 13.0 Å². The molecule has 0 radical (unpaired) electrons. The first kappa shape index (κ1) is 17.2. The lowest BCUT2D eigenvalue weighted by Gasteiger charge is -2.14. The summed E-state index contributed by atoms with van der Waals surface area (Å²) < 4.78 is 1.46. The zero-order valence-corrected chi connectivity index (χ0v) is 14.5. The number of thiazole rings is 1. The van der Waals surface area contributed by atoms with Crippen molar-refractivity contribution in [2.75, 3.05) is 5.32 Å². The Morgan fingerprint density at radius 2 is 2.09 bits per heavy atom. The fourth-order valence-electron chi connectivity index (χ4n) is 2.07. The van der Waals surface area contributed by atoms with Crippen molar-refractivity contribution in [3.63, 3.8) is 0 Å². The monoisotopic (exact) mass is 335 g/mol. The molecule has 6 nitrogen and oxygen atoms in total. The summed E-state index contributed by atoms with van der Waals surface area (Å²) in [5.41, 5.74) is 1.17. The molecule has 0 aliphatic carbocycles. The zero-order valence-electron chi connectivity index (χ0n) is 13.7. The molecule has 0 aromatic carbocycles. The highest BCUT2D eigenvalue weighted by atomic mass is 32.1. The van der Waals surface area contributed by atoms with Crippen molar-refractivity contribution >= 4 is 22.4 Å². The Bertz CT molecular complexity index is 772. The van der Waals surface area contributed by atoms with E-state index in [1.165, 1.54) is 22.0 Å². The van der Waals surface area contributed by atoms with Crippen LogP contribution in [0.1, 0.15) is 38.6 Å². The number of carbonyl (C=O) groups excluding carboxylic acids is 1. The first-order valence-corrected chi connectivity index (χ1v) is 8.21. The van der Waals surface area contributed by atoms with Crippen LogP contribution in [-0.4, -0.2) is 20.6 Å². The molecule has 0 aliphatic rings. The SMILES string of the molecule is Cc1cc(O)cc(=O)n1CCC(=O)Nc1nc(C(C)(C)C)cs1. The second-order valence-electron chi connectivity index (χ2n) is 6.43. The fraction of sp³-hybridized carbons (Fsp3) is 0.438. The Balaban J connectivity index is 1.99. The smallest absolute Gasteiger partial charge is 0.254 e. The van der Waals surface area contributed by atoms with Gasteiger partial charge in [-0.15, -0.1) is 11.3 Å². The summed E-state index contributed by atoms with van der Waals surface area (Å²) in [7, 11) is 0. The van der Waals surface area contributed by atoms with Crippen molar-refractivity contribution in [2.24, 2.45) is 0 Å². The lowest BCUT2D eigenvalue weighted by Crippen LogP contribution is -2.24. The van der Waals surface area contributed by atoms with Crippen molar-refractivity contribution in [2.45, 2.75) is 46.1 Å². The molecular weight excluding hydrogens is 314 g/mol. The van der Waals surface area contributed by atoms with Gasteiger partial charge in [-0.25, -0.2) is 4.98 Å². The third kappa shape index (κ3) is 4.41. The highest BCUT2D eigenvalue weighted by Crippen LogP contribution is 2.26. The van der Waals surface area contributed by atoms with Crippen LogP contribution in [-0.2, 0) is 16.8 Å². The van der Waals surface area contributed by atoms with Crippen LogP contribution in [0.5, 0.6) is 5.75 Å². The van der Waals surface area contributed by atoms with E-state index in [0.29, 0.717) is 10.8 Å². The van der Waals surface area contributed by atoms with Crippen LogP contribution in [0.3, 0.4) is 0 Å². The van der Waals surface area contributed by atoms with Crippen molar-refractivity contribution in [1.29, 1.82) is 0 Å². The van der Waals surface area contributed by atoms with Gasteiger partial charge in [0.15, 0.2) is 5.13 Å². The second kappa shape index (κ2) is 6.54. The molecule has 0 fully saturated rings. The summed E-state index contributed by atoms with van der Waals surface area (Å²) in [5.74, 6) is -0.259. The largest absolute Gasteiger partial charge is 0.508 e. The Morgan fingerprint density at radius 1 is 1.39 bits per heavy atom. The Morgan fingerprint density at radius 3 is 2.65 bits per heavy atom. The summed E-state index contributed by atoms with van der Waals surface area (Å²) in [6, 6.07) is 2.64. The predicted molar refractivity (Wildman–Crippen MR) is 91.2 cm³/mol. The molecule has 0 saturated heterocycles. The van der Waals surface area contributed by atoms with Gasteiger partial charge in [-0.2, -0.15) is 0 Å². The molecule has 0 bridgehead atoms. The first-order valence-electron chi connectivity index (χ1n) is 7.33. The van der Waals surface area contributed by atoms with E-state index in [0.717, 1.165) is 11.8 Å². The number of aryl methyl sites for hydroxylation is 1. The fourth-order valence-corrected chi connectivity index (χ4v) is 3.02. The molecule has 124 valence electrons. The number of hydrogen-bond donors (Lipinski definition) is 2. The molecule has 2 rings (SSSR count). The van der Waals surface area contributed by atoms with Gasteiger partial charge >= 0.3 is 0 Å². The molecule has 1 amide bonds. The number of rotatable bonds is 4. The van der Waals surface area contributed by atoms with Crippen molar-refractivity contribution < 1.29 is 9.90 Å². The number of aromatic nitrogens is 2. The Kier molecular flexibility index (Phi) is 4.89. The zero-order chi connectivity index (χ0) is 17.2. The maximum Gasteiger partial charge on any atom is 0.254 e. The molecule has 0 saturated carbocycles. The van der Waals surface area contributed by atoms with E-state index < -0.39 is 0 Å². The van der Waals surface area contributed by atoms with Gasteiger partial charge < -0.3 is 15.0 Å². The molecule has 0 aliphatic heterocycles. The van der Waals surface area contributed by atoms with Gasteiger partial charge in [0, 0.05) is 35.5 Å². The summed E-state index contributed by atoms with van der Waals surface area (Å²) in [6.45, 7) is 8.17. The molecule has 0 atom stereocenters. The van der Waals surface area contributed by atoms with Crippen LogP contribution < -0.4 is 10.9 Å². The average molecular weight is 335 g/mol. The predicted octanol–water partition coefficient (Wildman–Crippen LogP) is 2.65. The maximum absolute atomic E-state index is 12.0. The number of anilines is 1. The molecule has 2 N–H and O–H groups in total. The van der Waals surface area contributed by atoms with Gasteiger partial charge in [0.2, 0.25) is 5.91 Å². The topological polar surface area (TPSA) is 84.2 Å². The molecule has 0 spiro atoms. The highest BCUT2D eigenvalue weighted by molar-refractivity contribution is 7.13. The van der Waals surface area contributed by atoms with Crippen LogP contribution in [0, 0.1) is 6.92 Å². The minimum atomic E-state index is -0.320. The minimum Gasteiger partial charge on any atom is -0.508 e. The van der Waals surface area contributed by atoms with Crippen molar-refractivity contribution in [3.8, 4) is 5.75 Å². The second-order valence-corrected chi connectivity index (χ2v) is 7.29. The quantitative estimate of drug-likeness (QED) is 0.899. The van der Waals surface area contributed by atoms with Crippen LogP contribution in [0.4, 0.5) is 5.13 Å². The third-order valence-electron chi connectivity index (χ3n) is 3.40. The van der Waals surface area contributed by atoms with Gasteiger partial charge in [-0.1, -0.05) is 20.8 Å². The van der Waals surface area contributed by atoms with E-state index in [1.54, 1.807) is 6.92 Å². The number of hydrogen-bond acceptors (Lipinski definition) is 5. The summed E-state index contributed by atoms with van der Waals surface area (Å²) >= 11 is 1.39. The number of aromatic hydroxyl groups is 1. The van der Waals surface area contributed by atoms with Crippen molar-refractivity contribution in [3.05, 3.63) is 39.3 Å². The number of pyridine rings is 1. The summed E-state index contributed by atoms with van der Waals surface area (Å²) in [6.07, 6.45) is 0.163. The van der Waals surface area contributed by atoms with Crippen molar-refractivity contribution in [1.82, 2.24) is 9.55 Å². The lowest BCUT2D eigenvalue weighted by atomic mass is 9.93. The van der Waals surface area contributed by atoms with Gasteiger partial charge in [0.1, 0.15) is 5.75 Å². The normalized spacial score (nSPS) is 11.5. The van der Waals surface area contributed by atoms with Crippen LogP contribution in [0.25, 0.3) is 0 Å². The van der Waals surface area contributed by atoms with E-state index in [2.05, 4.69) is 31.1 Å². The molecule has 23 heavy (non-hydrogen) atoms. The van der Waals surface area contributed by atoms with Crippen LogP contribution >= 0.6 is 11.3 Å². The van der Waals surface area contributed by atoms with E-state index in [-0.39, 0.29) is 35.6 Å². The number of carbonyl (C=O) groups is 1. The molecule has 0 unspecified atom stereocenters. The molecule has 2 aromatic rings. The van der Waals surface area contributed by atoms with Crippen LogP contribution in [0.15, 0.2) is 22.3 Å². The molecule has 2 aromatic heterocycles. The average Bonchev–Trinajstić information content (AvgIpc) is 2.85. The maximum atomic E-state index is 12.0. The molecule has 7 heteroatoms. The molecule has 2 heterocycles. The number of nitrogens with zero attached hydrogens (tertiary/aromatic N) is 2. The van der Waals surface area contributed by atoms with Gasteiger partial charge in [0.25, 0.3) is 5.56 Å². The van der Waals surface area contributed by atoms with E-state index >= 15 is 0 Å².